The van der Waals surface area contributed by atoms with Gasteiger partial charge in [0.1, 0.15) is 0 Å². The first-order chi connectivity index (χ1) is 11.6. The third-order valence-corrected chi connectivity index (χ3v) is 12.0. The van der Waals surface area contributed by atoms with Gasteiger partial charge in [0.2, 0.25) is 0 Å². The molecule has 1 aliphatic carbocycles. The van der Waals surface area contributed by atoms with Gasteiger partial charge in [-0.25, -0.2) is 0 Å². The molecule has 1 nitrogen and oxygen atoms in total. The van der Waals surface area contributed by atoms with Crippen LogP contribution in [0, 0.1) is 0 Å². The summed E-state index contributed by atoms with van der Waals surface area (Å²) in [5.41, 5.74) is 8.66. The fourth-order valence-corrected chi connectivity index (χ4v) is 8.71. The standard InChI is InChI=1S/C19H19.C2H7OSi.2ClH.Zr/c1-3-14-8-10-16(11-9-14)18-7-5-6-17-12-15(4-2)13-19(17)18;1-4(2)3;;;/h5-13H,3-4H2,1-2H3;4H,1-2H3;2*1H;/q;-1;;;+3/p-2. The molecule has 2 aromatic carbocycles. The van der Waals surface area contributed by atoms with Crippen molar-refractivity contribution < 1.29 is 51.0 Å². The SMILES string of the molecule is CCC1=Cc2c(-c3ccc(CC)cc3)cccc2[CH]1[Zr+2][O][SiH](C)C.[Cl-].[Cl-]. The first kappa shape index (κ1) is 23.9. The van der Waals surface area contributed by atoms with Crippen LogP contribution in [0.2, 0.25) is 13.1 Å². The van der Waals surface area contributed by atoms with Crippen LogP contribution in [-0.4, -0.2) is 9.04 Å². The molecule has 2 aromatic rings. The molecule has 0 bridgehead atoms. The summed E-state index contributed by atoms with van der Waals surface area (Å²) in [7, 11) is -0.912. The number of aryl methyl sites for hydroxylation is 1. The molecule has 0 aromatic heterocycles. The molecule has 3 rings (SSSR count). The molecule has 0 spiro atoms. The summed E-state index contributed by atoms with van der Waals surface area (Å²) in [5, 5.41) is 0. The first-order valence-electron chi connectivity index (χ1n) is 8.97. The van der Waals surface area contributed by atoms with E-state index < -0.39 is 32.7 Å². The van der Waals surface area contributed by atoms with Gasteiger partial charge < -0.3 is 24.8 Å². The molecule has 0 heterocycles. The fourth-order valence-electron chi connectivity index (χ4n) is 3.29. The molecule has 0 amide bonds. The van der Waals surface area contributed by atoms with Crippen LogP contribution in [0.5, 0.6) is 0 Å². The summed E-state index contributed by atoms with van der Waals surface area (Å²) in [6, 6.07) is 15.9. The molecular weight excluding hydrogens is 458 g/mol. The van der Waals surface area contributed by atoms with Gasteiger partial charge in [0.05, 0.1) is 0 Å². The third-order valence-electron chi connectivity index (χ3n) is 4.65. The number of hydrogen-bond acceptors (Lipinski definition) is 1. The summed E-state index contributed by atoms with van der Waals surface area (Å²) < 4.78 is 6.87. The molecule has 0 N–H and O–H groups in total. The normalized spacial score (nSPS) is 14.8. The maximum Gasteiger partial charge on any atom is -1.00 e. The van der Waals surface area contributed by atoms with Gasteiger partial charge in [-0.3, -0.25) is 0 Å². The number of fused-ring (bicyclic) bond motifs is 1. The topological polar surface area (TPSA) is 9.23 Å². The number of benzene rings is 2. The molecule has 138 valence electrons. The average molecular weight is 485 g/mol. The smallest absolute Gasteiger partial charge is 1.00 e. The van der Waals surface area contributed by atoms with Crippen molar-refractivity contribution in [3.05, 3.63) is 64.7 Å². The van der Waals surface area contributed by atoms with Crippen LogP contribution in [-0.2, 0) is 32.6 Å². The predicted octanol–water partition coefficient (Wildman–Crippen LogP) is -0.230. The molecule has 1 atom stereocenters. The number of hydrogen-bond donors (Lipinski definition) is 0. The zero-order chi connectivity index (χ0) is 17.1. The van der Waals surface area contributed by atoms with Crippen LogP contribution in [0.15, 0.2) is 48.0 Å². The largest absolute Gasteiger partial charge is 1.00 e. The van der Waals surface area contributed by atoms with Gasteiger partial charge in [-0.2, -0.15) is 0 Å². The van der Waals surface area contributed by atoms with Crippen molar-refractivity contribution in [1.29, 1.82) is 0 Å². The van der Waals surface area contributed by atoms with E-state index in [0.717, 1.165) is 12.8 Å². The maximum absolute atomic E-state index is 6.26. The molecule has 1 aliphatic rings. The van der Waals surface area contributed by atoms with Gasteiger partial charge in [0.15, 0.2) is 0 Å². The fraction of sp³-hybridized carbons (Fsp3) is 0.333. The Labute approximate surface area is 184 Å². The molecule has 26 heavy (non-hydrogen) atoms. The maximum atomic E-state index is 6.26. The minimum Gasteiger partial charge on any atom is -1.00 e. The minimum atomic E-state index is -0.912. The second-order valence-corrected chi connectivity index (χ2v) is 12.7. The summed E-state index contributed by atoms with van der Waals surface area (Å²) in [6.45, 7) is 9.07. The van der Waals surface area contributed by atoms with Crippen molar-refractivity contribution in [2.24, 2.45) is 0 Å². The Balaban J connectivity index is 0.00000169. The van der Waals surface area contributed by atoms with Crippen molar-refractivity contribution in [2.75, 3.05) is 0 Å². The third kappa shape index (κ3) is 5.20. The summed E-state index contributed by atoms with van der Waals surface area (Å²) in [6.07, 6.45) is 4.69. The predicted molar refractivity (Wildman–Crippen MR) is 102 cm³/mol. The van der Waals surface area contributed by atoms with Crippen molar-refractivity contribution in [1.82, 2.24) is 0 Å². The Morgan fingerprint density at radius 2 is 1.65 bits per heavy atom. The minimum absolute atomic E-state index is 0. The zero-order valence-corrected chi connectivity index (χ0v) is 21.0. The van der Waals surface area contributed by atoms with Gasteiger partial charge in [-0.05, 0) is 0 Å². The molecular formula is C21H26Cl2OSiZr. The average Bonchev–Trinajstić information content (AvgIpc) is 2.97. The Morgan fingerprint density at radius 3 is 2.23 bits per heavy atom. The summed E-state index contributed by atoms with van der Waals surface area (Å²) in [4.78, 5) is 0. The van der Waals surface area contributed by atoms with E-state index in [1.807, 2.05) is 0 Å². The number of halogens is 2. The first-order valence-corrected chi connectivity index (χ1v) is 14.2. The van der Waals surface area contributed by atoms with E-state index in [9.17, 15) is 0 Å². The van der Waals surface area contributed by atoms with E-state index in [1.54, 1.807) is 5.57 Å². The molecule has 0 saturated carbocycles. The summed E-state index contributed by atoms with van der Waals surface area (Å²) in [5.74, 6) is 0. The molecule has 0 radical (unpaired) electrons. The van der Waals surface area contributed by atoms with E-state index in [2.05, 4.69) is 75.5 Å². The van der Waals surface area contributed by atoms with E-state index >= 15 is 0 Å². The van der Waals surface area contributed by atoms with Crippen molar-refractivity contribution in [2.45, 2.75) is 43.4 Å². The molecule has 0 saturated heterocycles. The van der Waals surface area contributed by atoms with Gasteiger partial charge in [0.25, 0.3) is 0 Å². The van der Waals surface area contributed by atoms with E-state index in [4.69, 9.17) is 2.50 Å². The van der Waals surface area contributed by atoms with Crippen molar-refractivity contribution in [3.8, 4) is 11.1 Å². The Morgan fingerprint density at radius 1 is 0.962 bits per heavy atom. The van der Waals surface area contributed by atoms with E-state index in [1.165, 1.54) is 27.8 Å². The Hall–Kier alpha value is -0.180. The molecule has 1 unspecified atom stereocenters. The van der Waals surface area contributed by atoms with Gasteiger partial charge in [0, 0.05) is 0 Å². The quantitative estimate of drug-likeness (QED) is 0.515. The molecule has 5 heteroatoms. The van der Waals surface area contributed by atoms with Crippen molar-refractivity contribution >= 4 is 15.1 Å². The van der Waals surface area contributed by atoms with Crippen LogP contribution in [0.4, 0.5) is 0 Å². The van der Waals surface area contributed by atoms with Gasteiger partial charge >= 0.3 is 161 Å². The van der Waals surface area contributed by atoms with Crippen LogP contribution in [0.3, 0.4) is 0 Å². The second kappa shape index (κ2) is 11.0. The molecule has 0 fully saturated rings. The van der Waals surface area contributed by atoms with Crippen LogP contribution < -0.4 is 24.8 Å². The zero-order valence-electron chi connectivity index (χ0n) is 15.9. The monoisotopic (exact) mass is 482 g/mol. The number of rotatable bonds is 6. The van der Waals surface area contributed by atoms with E-state index in [-0.39, 0.29) is 24.8 Å². The van der Waals surface area contributed by atoms with Crippen LogP contribution in [0.1, 0.15) is 40.6 Å². The number of allylic oxidation sites excluding steroid dienone is 1. The Bertz CT molecular complexity index is 744. The van der Waals surface area contributed by atoms with Crippen LogP contribution >= 0.6 is 0 Å². The van der Waals surface area contributed by atoms with Crippen LogP contribution in [0.25, 0.3) is 17.2 Å². The summed E-state index contributed by atoms with van der Waals surface area (Å²) >= 11 is -0.849. The van der Waals surface area contributed by atoms with Gasteiger partial charge in [-0.15, -0.1) is 0 Å². The Kier molecular flexibility index (Phi) is 10.1. The second-order valence-electron chi connectivity index (χ2n) is 6.65. The molecule has 0 aliphatic heterocycles. The van der Waals surface area contributed by atoms with Gasteiger partial charge in [-0.1, -0.05) is 0 Å². The van der Waals surface area contributed by atoms with Crippen molar-refractivity contribution in [3.63, 3.8) is 0 Å². The van der Waals surface area contributed by atoms with E-state index in [0.29, 0.717) is 3.63 Å².